The molecule has 0 radical (unpaired) electrons. The lowest BCUT2D eigenvalue weighted by atomic mass is 10.1. The zero-order chi connectivity index (χ0) is 12.8. The van der Waals surface area contributed by atoms with E-state index < -0.39 is 0 Å². The van der Waals surface area contributed by atoms with Gasteiger partial charge in [-0.3, -0.25) is 0 Å². The zero-order valence-electron chi connectivity index (χ0n) is 11.3. The van der Waals surface area contributed by atoms with Gasteiger partial charge in [0.15, 0.2) is 0 Å². The first-order valence-corrected chi connectivity index (χ1v) is 6.56. The van der Waals surface area contributed by atoms with E-state index in [1.54, 1.807) is 7.11 Å². The van der Waals surface area contributed by atoms with E-state index in [1.165, 1.54) is 16.5 Å². The van der Waals surface area contributed by atoms with Crippen LogP contribution in [0.4, 0.5) is 0 Å². The molecule has 0 fully saturated rings. The van der Waals surface area contributed by atoms with Crippen LogP contribution in [0.25, 0.3) is 10.9 Å². The molecule has 1 heterocycles. The normalized spacial score (nSPS) is 11.2. The van der Waals surface area contributed by atoms with Gasteiger partial charge in [0.2, 0.25) is 0 Å². The van der Waals surface area contributed by atoms with Gasteiger partial charge in [-0.15, -0.1) is 0 Å². The molecule has 1 aromatic heterocycles. The third-order valence-corrected chi connectivity index (χ3v) is 3.21. The Labute approximate surface area is 109 Å². The lowest BCUT2D eigenvalue weighted by Gasteiger charge is -2.06. The van der Waals surface area contributed by atoms with Crippen molar-refractivity contribution in [3.05, 3.63) is 36.0 Å². The first kappa shape index (κ1) is 13.1. The molecule has 2 rings (SSSR count). The van der Waals surface area contributed by atoms with Gasteiger partial charge in [-0.25, -0.2) is 0 Å². The number of aromatic nitrogens is 1. The van der Waals surface area contributed by atoms with E-state index in [1.807, 2.05) is 7.05 Å². The third kappa shape index (κ3) is 3.12. The molecule has 3 nitrogen and oxygen atoms in total. The maximum atomic E-state index is 5.08. The number of hydrogen-bond acceptors (Lipinski definition) is 2. The van der Waals surface area contributed by atoms with Gasteiger partial charge in [-0.2, -0.15) is 0 Å². The standard InChI is InChI=1S/C15H22N2O/c1-16-12-13-5-6-15-14(11-13)7-9-17(15)8-3-4-10-18-2/h5-7,9,11,16H,3-4,8,10,12H2,1-2H3. The fourth-order valence-corrected chi connectivity index (χ4v) is 2.29. The monoisotopic (exact) mass is 246 g/mol. The van der Waals surface area contributed by atoms with Crippen molar-refractivity contribution in [3.63, 3.8) is 0 Å². The SMILES string of the molecule is CNCc1ccc2c(ccn2CCCCOC)c1. The van der Waals surface area contributed by atoms with Crippen LogP contribution in [0.1, 0.15) is 18.4 Å². The van der Waals surface area contributed by atoms with Crippen molar-refractivity contribution in [1.82, 2.24) is 9.88 Å². The van der Waals surface area contributed by atoms with Crippen molar-refractivity contribution in [1.29, 1.82) is 0 Å². The van der Waals surface area contributed by atoms with Gasteiger partial charge in [0.05, 0.1) is 0 Å². The topological polar surface area (TPSA) is 26.2 Å². The molecule has 1 aromatic carbocycles. The maximum Gasteiger partial charge on any atom is 0.0480 e. The van der Waals surface area contributed by atoms with E-state index in [9.17, 15) is 0 Å². The van der Waals surface area contributed by atoms with Gasteiger partial charge in [0, 0.05) is 38.5 Å². The van der Waals surface area contributed by atoms with Crippen molar-refractivity contribution >= 4 is 10.9 Å². The van der Waals surface area contributed by atoms with Crippen LogP contribution in [-0.4, -0.2) is 25.3 Å². The Kier molecular flexibility index (Phi) is 4.79. The third-order valence-electron chi connectivity index (χ3n) is 3.21. The van der Waals surface area contributed by atoms with Gasteiger partial charge in [0.25, 0.3) is 0 Å². The quantitative estimate of drug-likeness (QED) is 0.760. The van der Waals surface area contributed by atoms with Gasteiger partial charge in [0.1, 0.15) is 0 Å². The van der Waals surface area contributed by atoms with Crippen molar-refractivity contribution in [2.75, 3.05) is 20.8 Å². The predicted molar refractivity (Wildman–Crippen MR) is 75.8 cm³/mol. The summed E-state index contributed by atoms with van der Waals surface area (Å²) in [6.45, 7) is 2.85. The minimum Gasteiger partial charge on any atom is -0.385 e. The van der Waals surface area contributed by atoms with E-state index in [-0.39, 0.29) is 0 Å². The first-order valence-electron chi connectivity index (χ1n) is 6.56. The minimum atomic E-state index is 0.853. The highest BCUT2D eigenvalue weighted by atomic mass is 16.5. The molecule has 0 aliphatic carbocycles. The summed E-state index contributed by atoms with van der Waals surface area (Å²) in [5, 5.41) is 4.51. The second kappa shape index (κ2) is 6.57. The molecule has 98 valence electrons. The minimum absolute atomic E-state index is 0.853. The summed E-state index contributed by atoms with van der Waals surface area (Å²) in [4.78, 5) is 0. The van der Waals surface area contributed by atoms with Gasteiger partial charge >= 0.3 is 0 Å². The summed E-state index contributed by atoms with van der Waals surface area (Å²) >= 11 is 0. The van der Waals surface area contributed by atoms with Crippen LogP contribution in [0.15, 0.2) is 30.5 Å². The second-order valence-corrected chi connectivity index (χ2v) is 4.63. The number of rotatable bonds is 7. The zero-order valence-corrected chi connectivity index (χ0v) is 11.3. The molecule has 18 heavy (non-hydrogen) atoms. The highest BCUT2D eigenvalue weighted by Crippen LogP contribution is 2.18. The van der Waals surface area contributed by atoms with Crippen molar-refractivity contribution in [2.45, 2.75) is 25.9 Å². The smallest absolute Gasteiger partial charge is 0.0480 e. The summed E-state index contributed by atoms with van der Waals surface area (Å²) in [7, 11) is 3.74. The Morgan fingerprint density at radius 3 is 2.89 bits per heavy atom. The molecule has 0 saturated carbocycles. The van der Waals surface area contributed by atoms with Crippen LogP contribution in [0, 0.1) is 0 Å². The van der Waals surface area contributed by atoms with Crippen LogP contribution >= 0.6 is 0 Å². The highest BCUT2D eigenvalue weighted by molar-refractivity contribution is 5.80. The molecule has 0 spiro atoms. The lowest BCUT2D eigenvalue weighted by Crippen LogP contribution is -2.04. The molecular weight excluding hydrogens is 224 g/mol. The van der Waals surface area contributed by atoms with Gasteiger partial charge < -0.3 is 14.6 Å². The van der Waals surface area contributed by atoms with Crippen LogP contribution in [0.5, 0.6) is 0 Å². The van der Waals surface area contributed by atoms with Crippen LogP contribution in [-0.2, 0) is 17.8 Å². The summed E-state index contributed by atoms with van der Waals surface area (Å²) in [6.07, 6.45) is 4.46. The van der Waals surface area contributed by atoms with Crippen molar-refractivity contribution < 1.29 is 4.74 Å². The number of nitrogens with zero attached hydrogens (tertiary/aromatic N) is 1. The molecule has 0 saturated heterocycles. The molecule has 0 unspecified atom stereocenters. The summed E-state index contributed by atoms with van der Waals surface area (Å²) in [6, 6.07) is 8.88. The number of unbranched alkanes of at least 4 members (excludes halogenated alkanes) is 1. The van der Waals surface area contributed by atoms with E-state index >= 15 is 0 Å². The Hall–Kier alpha value is -1.32. The lowest BCUT2D eigenvalue weighted by molar-refractivity contribution is 0.191. The summed E-state index contributed by atoms with van der Waals surface area (Å²) in [5.74, 6) is 0. The van der Waals surface area contributed by atoms with Crippen LogP contribution in [0.3, 0.4) is 0 Å². The summed E-state index contributed by atoms with van der Waals surface area (Å²) < 4.78 is 7.40. The fourth-order valence-electron chi connectivity index (χ4n) is 2.29. The fraction of sp³-hybridized carbons (Fsp3) is 0.467. The molecule has 0 atom stereocenters. The molecule has 3 heteroatoms. The van der Waals surface area contributed by atoms with E-state index in [0.717, 1.165) is 32.5 Å². The number of benzene rings is 1. The molecule has 0 amide bonds. The molecular formula is C15H22N2O. The van der Waals surface area contributed by atoms with Crippen LogP contribution < -0.4 is 5.32 Å². The number of nitrogens with one attached hydrogen (secondary N) is 1. The van der Waals surface area contributed by atoms with Gasteiger partial charge in [-0.05, 0) is 49.0 Å². The first-order chi connectivity index (χ1) is 8.85. The average Bonchev–Trinajstić information content (AvgIpc) is 2.78. The number of methoxy groups -OCH3 is 1. The second-order valence-electron chi connectivity index (χ2n) is 4.63. The predicted octanol–water partition coefficient (Wildman–Crippen LogP) is 2.79. The molecule has 0 aliphatic rings. The van der Waals surface area contributed by atoms with E-state index in [4.69, 9.17) is 4.74 Å². The van der Waals surface area contributed by atoms with E-state index in [2.05, 4.69) is 40.3 Å². The molecule has 0 bridgehead atoms. The number of hydrogen-bond donors (Lipinski definition) is 1. The molecule has 2 aromatic rings. The average molecular weight is 246 g/mol. The number of fused-ring (bicyclic) bond motifs is 1. The van der Waals surface area contributed by atoms with E-state index in [0.29, 0.717) is 0 Å². The Morgan fingerprint density at radius 2 is 2.11 bits per heavy atom. The highest BCUT2D eigenvalue weighted by Gasteiger charge is 2.01. The van der Waals surface area contributed by atoms with Crippen LogP contribution in [0.2, 0.25) is 0 Å². The summed E-state index contributed by atoms with van der Waals surface area (Å²) in [5.41, 5.74) is 2.66. The number of aryl methyl sites for hydroxylation is 1. The molecule has 0 aliphatic heterocycles. The largest absolute Gasteiger partial charge is 0.385 e. The van der Waals surface area contributed by atoms with Crippen molar-refractivity contribution in [2.24, 2.45) is 0 Å². The van der Waals surface area contributed by atoms with Crippen molar-refractivity contribution in [3.8, 4) is 0 Å². The van der Waals surface area contributed by atoms with Gasteiger partial charge in [-0.1, -0.05) is 6.07 Å². The maximum absolute atomic E-state index is 5.08. The number of ether oxygens (including phenoxy) is 1. The Bertz CT molecular complexity index is 490. The molecule has 1 N–H and O–H groups in total. The Balaban J connectivity index is 2.06. The Morgan fingerprint density at radius 1 is 1.22 bits per heavy atom.